The Hall–Kier alpha value is -0.840. The molecule has 3 N–H and O–H groups in total. The fourth-order valence-electron chi connectivity index (χ4n) is 2.76. The Morgan fingerprint density at radius 2 is 2.00 bits per heavy atom. The van der Waals surface area contributed by atoms with E-state index in [0.717, 1.165) is 5.69 Å². The summed E-state index contributed by atoms with van der Waals surface area (Å²) < 4.78 is 0. The monoisotopic (exact) mass is 333 g/mol. The third-order valence-electron chi connectivity index (χ3n) is 3.96. The number of aryl methyl sites for hydroxylation is 1. The molecule has 1 unspecified atom stereocenters. The summed E-state index contributed by atoms with van der Waals surface area (Å²) in [6, 6.07) is 3.76. The van der Waals surface area contributed by atoms with Crippen molar-refractivity contribution in [2.75, 3.05) is 6.54 Å². The van der Waals surface area contributed by atoms with Crippen LogP contribution in [0.3, 0.4) is 0 Å². The van der Waals surface area contributed by atoms with Gasteiger partial charge in [-0.25, -0.2) is 0 Å². The van der Waals surface area contributed by atoms with E-state index in [1.54, 1.807) is 6.20 Å². The van der Waals surface area contributed by atoms with Crippen LogP contribution in [0.5, 0.6) is 0 Å². The summed E-state index contributed by atoms with van der Waals surface area (Å²) in [6.45, 7) is 2.42. The van der Waals surface area contributed by atoms with Gasteiger partial charge in [-0.1, -0.05) is 19.3 Å². The van der Waals surface area contributed by atoms with E-state index in [0.29, 0.717) is 18.0 Å². The molecule has 1 fully saturated rings. The van der Waals surface area contributed by atoms with E-state index < -0.39 is 0 Å². The van der Waals surface area contributed by atoms with E-state index in [4.69, 9.17) is 5.73 Å². The maximum absolute atomic E-state index is 12.2. The number of carbonyl (C=O) groups is 1. The van der Waals surface area contributed by atoms with Crippen LogP contribution in [0, 0.1) is 12.8 Å². The fourth-order valence-corrected chi connectivity index (χ4v) is 2.76. The number of nitrogens with two attached hydrogens (primary N) is 1. The van der Waals surface area contributed by atoms with E-state index in [-0.39, 0.29) is 36.8 Å². The zero-order valence-electron chi connectivity index (χ0n) is 12.4. The van der Waals surface area contributed by atoms with E-state index in [2.05, 4.69) is 10.3 Å². The van der Waals surface area contributed by atoms with Crippen molar-refractivity contribution in [3.63, 3.8) is 0 Å². The Morgan fingerprint density at radius 3 is 2.52 bits per heavy atom. The Kier molecular flexibility index (Phi) is 9.58. The van der Waals surface area contributed by atoms with Gasteiger partial charge in [0.25, 0.3) is 5.91 Å². The Balaban J connectivity index is 0.00000200. The van der Waals surface area contributed by atoms with Gasteiger partial charge in [-0.15, -0.1) is 24.8 Å². The van der Waals surface area contributed by atoms with E-state index >= 15 is 0 Å². The number of carbonyl (C=O) groups excluding carboxylic acids is 1. The molecular weight excluding hydrogens is 309 g/mol. The number of pyridine rings is 1. The highest BCUT2D eigenvalue weighted by molar-refractivity contribution is 5.94. The molecule has 4 nitrogen and oxygen atoms in total. The van der Waals surface area contributed by atoms with Crippen LogP contribution in [0.15, 0.2) is 18.3 Å². The maximum Gasteiger partial charge on any atom is 0.253 e. The first-order chi connectivity index (χ1) is 9.20. The molecule has 1 aromatic rings. The molecule has 1 aromatic heterocycles. The first-order valence-corrected chi connectivity index (χ1v) is 7.14. The molecular formula is C15H25Cl2N3O. The molecule has 1 saturated carbocycles. The molecule has 0 aromatic carbocycles. The summed E-state index contributed by atoms with van der Waals surface area (Å²) in [6.07, 6.45) is 7.79. The van der Waals surface area contributed by atoms with Crippen molar-refractivity contribution >= 4 is 30.7 Å². The molecule has 0 radical (unpaired) electrons. The Morgan fingerprint density at radius 1 is 1.33 bits per heavy atom. The summed E-state index contributed by atoms with van der Waals surface area (Å²) in [5.41, 5.74) is 7.35. The van der Waals surface area contributed by atoms with Gasteiger partial charge >= 0.3 is 0 Å². The lowest BCUT2D eigenvalue weighted by Crippen LogP contribution is -2.45. The van der Waals surface area contributed by atoms with Gasteiger partial charge in [-0.3, -0.25) is 9.78 Å². The smallest absolute Gasteiger partial charge is 0.253 e. The number of aromatic nitrogens is 1. The van der Waals surface area contributed by atoms with Crippen molar-refractivity contribution in [3.05, 3.63) is 29.6 Å². The van der Waals surface area contributed by atoms with E-state index in [1.807, 2.05) is 19.1 Å². The lowest BCUT2D eigenvalue weighted by Gasteiger charge is -2.30. The number of halogens is 2. The molecule has 0 bridgehead atoms. The quantitative estimate of drug-likeness (QED) is 0.890. The second-order valence-electron chi connectivity index (χ2n) is 5.40. The molecule has 0 aliphatic heterocycles. The highest BCUT2D eigenvalue weighted by Crippen LogP contribution is 2.26. The summed E-state index contributed by atoms with van der Waals surface area (Å²) in [5.74, 6) is 0.467. The molecule has 1 atom stereocenters. The van der Waals surface area contributed by atoms with Crippen molar-refractivity contribution in [3.8, 4) is 0 Å². The predicted molar refractivity (Wildman–Crippen MR) is 90.4 cm³/mol. The van der Waals surface area contributed by atoms with Gasteiger partial charge in [-0.05, 0) is 37.8 Å². The van der Waals surface area contributed by atoms with Crippen molar-refractivity contribution in [1.82, 2.24) is 10.3 Å². The number of nitrogens with one attached hydrogen (secondary N) is 1. The molecule has 1 amide bonds. The van der Waals surface area contributed by atoms with Crippen LogP contribution in [0.25, 0.3) is 0 Å². The van der Waals surface area contributed by atoms with Gasteiger partial charge in [0, 0.05) is 24.5 Å². The number of amides is 1. The largest absolute Gasteiger partial charge is 0.348 e. The van der Waals surface area contributed by atoms with Gasteiger partial charge in [0.2, 0.25) is 0 Å². The van der Waals surface area contributed by atoms with Crippen LogP contribution in [0.1, 0.15) is 48.2 Å². The molecule has 6 heteroatoms. The molecule has 1 aliphatic carbocycles. The maximum atomic E-state index is 12.2. The van der Waals surface area contributed by atoms with Gasteiger partial charge in [0.1, 0.15) is 0 Å². The molecule has 120 valence electrons. The first-order valence-electron chi connectivity index (χ1n) is 7.14. The van der Waals surface area contributed by atoms with Crippen molar-refractivity contribution in [2.24, 2.45) is 11.7 Å². The molecule has 1 heterocycles. The zero-order chi connectivity index (χ0) is 13.7. The van der Waals surface area contributed by atoms with Gasteiger partial charge in [0.15, 0.2) is 0 Å². The molecule has 0 saturated heterocycles. The SMILES string of the molecule is Cc1ccc(C(=O)NC(CN)C2CCCCC2)cn1.Cl.Cl. The minimum atomic E-state index is -0.0616. The number of rotatable bonds is 4. The third kappa shape index (κ3) is 5.81. The second-order valence-corrected chi connectivity index (χ2v) is 5.40. The van der Waals surface area contributed by atoms with Crippen molar-refractivity contribution in [1.29, 1.82) is 0 Å². The number of hydrogen-bond donors (Lipinski definition) is 2. The van der Waals surface area contributed by atoms with Gasteiger partial charge < -0.3 is 11.1 Å². The summed E-state index contributed by atoms with van der Waals surface area (Å²) >= 11 is 0. The summed E-state index contributed by atoms with van der Waals surface area (Å²) in [5, 5.41) is 3.07. The summed E-state index contributed by atoms with van der Waals surface area (Å²) in [4.78, 5) is 16.3. The fraction of sp³-hybridized carbons (Fsp3) is 0.600. The minimum Gasteiger partial charge on any atom is -0.348 e. The van der Waals surface area contributed by atoms with Crippen LogP contribution >= 0.6 is 24.8 Å². The normalized spacial score (nSPS) is 16.3. The van der Waals surface area contributed by atoms with Crippen LogP contribution in [0.4, 0.5) is 0 Å². The van der Waals surface area contributed by atoms with Gasteiger partial charge in [-0.2, -0.15) is 0 Å². The van der Waals surface area contributed by atoms with Crippen molar-refractivity contribution in [2.45, 2.75) is 45.1 Å². The minimum absolute atomic E-state index is 0. The molecule has 1 aliphatic rings. The lowest BCUT2D eigenvalue weighted by atomic mass is 9.84. The highest BCUT2D eigenvalue weighted by Gasteiger charge is 2.24. The summed E-state index contributed by atoms with van der Waals surface area (Å²) in [7, 11) is 0. The van der Waals surface area contributed by atoms with Gasteiger partial charge in [0.05, 0.1) is 5.56 Å². The highest BCUT2D eigenvalue weighted by atomic mass is 35.5. The van der Waals surface area contributed by atoms with Crippen molar-refractivity contribution < 1.29 is 4.79 Å². The van der Waals surface area contributed by atoms with Crippen LogP contribution < -0.4 is 11.1 Å². The predicted octanol–water partition coefficient (Wildman–Crippen LogP) is 2.87. The standard InChI is InChI=1S/C15H23N3O.2ClH/c1-11-7-8-13(10-17-11)15(19)18-14(9-16)12-5-3-2-4-6-12;;/h7-8,10,12,14H,2-6,9,16H2,1H3,(H,18,19);2*1H. The molecule has 2 rings (SSSR count). The number of nitrogens with zero attached hydrogens (tertiary/aromatic N) is 1. The molecule has 21 heavy (non-hydrogen) atoms. The van der Waals surface area contributed by atoms with Crippen LogP contribution in [0.2, 0.25) is 0 Å². The van der Waals surface area contributed by atoms with Crippen LogP contribution in [-0.2, 0) is 0 Å². The van der Waals surface area contributed by atoms with E-state index in [1.165, 1.54) is 32.1 Å². The topological polar surface area (TPSA) is 68.0 Å². The second kappa shape index (κ2) is 9.98. The Labute approximate surface area is 139 Å². The zero-order valence-corrected chi connectivity index (χ0v) is 14.0. The Bertz CT molecular complexity index is 419. The average Bonchev–Trinajstić information content (AvgIpc) is 2.46. The third-order valence-corrected chi connectivity index (χ3v) is 3.96. The average molecular weight is 334 g/mol. The van der Waals surface area contributed by atoms with E-state index in [9.17, 15) is 4.79 Å². The lowest BCUT2D eigenvalue weighted by molar-refractivity contribution is 0.0915. The first kappa shape index (κ1) is 20.2. The van der Waals surface area contributed by atoms with Crippen LogP contribution in [-0.4, -0.2) is 23.5 Å². The molecule has 0 spiro atoms. The number of hydrogen-bond acceptors (Lipinski definition) is 3.